The van der Waals surface area contributed by atoms with Gasteiger partial charge in [0, 0.05) is 29.5 Å². The number of carbonyl (C=O) groups excluding carboxylic acids is 1. The highest BCUT2D eigenvalue weighted by atomic mass is 32.1. The molecule has 0 radical (unpaired) electrons. The third kappa shape index (κ3) is 3.42. The molecule has 3 heterocycles. The Hall–Kier alpha value is -2.44. The van der Waals surface area contributed by atoms with Gasteiger partial charge in [-0.2, -0.15) is 5.10 Å². The number of nitrogens with zero attached hydrogens (tertiary/aromatic N) is 2. The first-order valence-electron chi connectivity index (χ1n) is 9.30. The summed E-state index contributed by atoms with van der Waals surface area (Å²) in [6.07, 6.45) is 1.03. The quantitative estimate of drug-likeness (QED) is 0.728. The van der Waals surface area contributed by atoms with E-state index in [1.807, 2.05) is 43.0 Å². The highest BCUT2D eigenvalue weighted by Gasteiger charge is 2.34. The summed E-state index contributed by atoms with van der Waals surface area (Å²) in [7, 11) is 1.90. The van der Waals surface area contributed by atoms with Crippen LogP contribution in [0.15, 0.2) is 41.8 Å². The van der Waals surface area contributed by atoms with Gasteiger partial charge in [0.15, 0.2) is 6.54 Å². The lowest BCUT2D eigenvalue weighted by atomic mass is 9.93. The molecule has 0 saturated carbocycles. The zero-order chi connectivity index (χ0) is 19.0. The van der Waals surface area contributed by atoms with E-state index in [0.717, 1.165) is 30.0 Å². The summed E-state index contributed by atoms with van der Waals surface area (Å²) in [5.41, 5.74) is 5.32. The fourth-order valence-electron chi connectivity index (χ4n) is 4.04. The number of benzene rings is 1. The van der Waals surface area contributed by atoms with Gasteiger partial charge in [-0.05, 0) is 25.3 Å². The molecular formula is C21H25N4OS+. The molecule has 2 aromatic heterocycles. The summed E-state index contributed by atoms with van der Waals surface area (Å²) in [4.78, 5) is 15.6. The second-order valence-electron chi connectivity index (χ2n) is 7.20. The minimum absolute atomic E-state index is 0.0452. The summed E-state index contributed by atoms with van der Waals surface area (Å²) >= 11 is 1.83. The van der Waals surface area contributed by atoms with Gasteiger partial charge in [-0.3, -0.25) is 9.48 Å². The van der Waals surface area contributed by atoms with Crippen molar-refractivity contribution in [2.75, 3.05) is 18.4 Å². The number of anilines is 1. The number of nitrogens with one attached hydrogen (secondary N) is 2. The molecule has 0 spiro atoms. The van der Waals surface area contributed by atoms with Gasteiger partial charge in [-0.15, -0.1) is 11.3 Å². The molecule has 1 aromatic carbocycles. The third-order valence-electron chi connectivity index (χ3n) is 5.47. The summed E-state index contributed by atoms with van der Waals surface area (Å²) in [5, 5.41) is 9.66. The van der Waals surface area contributed by atoms with E-state index < -0.39 is 0 Å². The summed E-state index contributed by atoms with van der Waals surface area (Å²) in [6.45, 7) is 5.32. The molecule has 0 bridgehead atoms. The van der Waals surface area contributed by atoms with Crippen molar-refractivity contribution in [3.63, 3.8) is 0 Å². The van der Waals surface area contributed by atoms with Crippen molar-refractivity contribution in [1.82, 2.24) is 9.78 Å². The monoisotopic (exact) mass is 381 g/mol. The first-order valence-corrected chi connectivity index (χ1v) is 10.2. The van der Waals surface area contributed by atoms with Crippen LogP contribution in [0.25, 0.3) is 0 Å². The van der Waals surface area contributed by atoms with E-state index in [2.05, 4.69) is 46.1 Å². The van der Waals surface area contributed by atoms with Gasteiger partial charge in [-0.1, -0.05) is 30.3 Å². The topological polar surface area (TPSA) is 51.4 Å². The molecule has 27 heavy (non-hydrogen) atoms. The Morgan fingerprint density at radius 3 is 2.78 bits per heavy atom. The van der Waals surface area contributed by atoms with E-state index in [9.17, 15) is 4.79 Å². The van der Waals surface area contributed by atoms with Crippen molar-refractivity contribution in [2.24, 2.45) is 7.05 Å². The average molecular weight is 382 g/mol. The Kier molecular flexibility index (Phi) is 4.85. The zero-order valence-corrected chi connectivity index (χ0v) is 16.8. The van der Waals surface area contributed by atoms with Gasteiger partial charge in [0.25, 0.3) is 5.91 Å². The molecule has 1 unspecified atom stereocenters. The molecule has 140 valence electrons. The minimum Gasteiger partial charge on any atom is -0.318 e. The number of hydrogen-bond acceptors (Lipinski definition) is 3. The van der Waals surface area contributed by atoms with Crippen LogP contribution in [0.1, 0.15) is 33.4 Å². The molecule has 2 N–H and O–H groups in total. The van der Waals surface area contributed by atoms with Crippen molar-refractivity contribution in [1.29, 1.82) is 0 Å². The van der Waals surface area contributed by atoms with Crippen molar-refractivity contribution in [3.05, 3.63) is 69.2 Å². The zero-order valence-electron chi connectivity index (χ0n) is 16.0. The fourth-order valence-corrected chi connectivity index (χ4v) is 4.97. The molecule has 0 aliphatic carbocycles. The van der Waals surface area contributed by atoms with Crippen molar-refractivity contribution in [3.8, 4) is 0 Å². The van der Waals surface area contributed by atoms with E-state index in [1.54, 1.807) is 0 Å². The van der Waals surface area contributed by atoms with E-state index in [0.29, 0.717) is 6.54 Å². The first kappa shape index (κ1) is 17.9. The van der Waals surface area contributed by atoms with Gasteiger partial charge in [0.05, 0.1) is 23.6 Å². The van der Waals surface area contributed by atoms with Crippen LogP contribution in [-0.2, 0) is 18.3 Å². The van der Waals surface area contributed by atoms with Crippen molar-refractivity contribution < 1.29 is 9.69 Å². The molecule has 2 atom stereocenters. The highest BCUT2D eigenvalue weighted by Crippen LogP contribution is 2.29. The molecule has 6 heteroatoms. The highest BCUT2D eigenvalue weighted by molar-refractivity contribution is 7.10. The lowest BCUT2D eigenvalue weighted by Crippen LogP contribution is -3.14. The van der Waals surface area contributed by atoms with E-state index in [1.165, 1.54) is 20.9 Å². The van der Waals surface area contributed by atoms with Gasteiger partial charge >= 0.3 is 0 Å². The number of hydrogen-bond donors (Lipinski definition) is 2. The number of thiophene rings is 1. The van der Waals surface area contributed by atoms with Gasteiger partial charge < -0.3 is 10.2 Å². The van der Waals surface area contributed by atoms with Crippen LogP contribution in [-0.4, -0.2) is 28.8 Å². The Bertz CT molecular complexity index is 960. The smallest absolute Gasteiger partial charge is 0.279 e. The summed E-state index contributed by atoms with van der Waals surface area (Å²) in [5.74, 6) is 0.0452. The molecule has 0 saturated heterocycles. The van der Waals surface area contributed by atoms with Crippen molar-refractivity contribution >= 4 is 22.9 Å². The van der Waals surface area contributed by atoms with Crippen LogP contribution in [0.2, 0.25) is 0 Å². The second-order valence-corrected chi connectivity index (χ2v) is 8.20. The Morgan fingerprint density at radius 2 is 2.07 bits per heavy atom. The van der Waals surface area contributed by atoms with Gasteiger partial charge in [0.2, 0.25) is 0 Å². The molecule has 4 rings (SSSR count). The first-order chi connectivity index (χ1) is 13.0. The summed E-state index contributed by atoms with van der Waals surface area (Å²) in [6, 6.07) is 13.0. The van der Waals surface area contributed by atoms with Gasteiger partial charge in [-0.25, -0.2) is 0 Å². The average Bonchev–Trinajstić information content (AvgIpc) is 3.22. The van der Waals surface area contributed by atoms with Crippen molar-refractivity contribution in [2.45, 2.75) is 26.3 Å². The largest absolute Gasteiger partial charge is 0.318 e. The Labute approximate surface area is 163 Å². The number of fused-ring (bicyclic) bond motifs is 1. The third-order valence-corrected chi connectivity index (χ3v) is 6.46. The normalized spacial score (nSPS) is 18.9. The van der Waals surface area contributed by atoms with Crippen LogP contribution < -0.4 is 10.2 Å². The molecular weight excluding hydrogens is 356 g/mol. The van der Waals surface area contributed by atoms with Crippen LogP contribution in [0.5, 0.6) is 0 Å². The lowest BCUT2D eigenvalue weighted by molar-refractivity contribution is -0.919. The number of quaternary nitrogens is 1. The maximum atomic E-state index is 12.9. The number of aromatic nitrogens is 2. The number of aryl methyl sites for hydroxylation is 2. The predicted molar refractivity (Wildman–Crippen MR) is 108 cm³/mol. The lowest BCUT2D eigenvalue weighted by Gasteiger charge is -2.32. The van der Waals surface area contributed by atoms with Crippen LogP contribution in [0.4, 0.5) is 5.69 Å². The SMILES string of the molecule is Cc1nn(C)c(C)c1NC(=O)C[NH+]1CCc2sccc2[C@@H]1c1ccccc1. The fraction of sp³-hybridized carbons (Fsp3) is 0.333. The van der Waals surface area contributed by atoms with E-state index >= 15 is 0 Å². The van der Waals surface area contributed by atoms with E-state index in [4.69, 9.17) is 0 Å². The Morgan fingerprint density at radius 1 is 1.30 bits per heavy atom. The Balaban J connectivity index is 1.58. The van der Waals surface area contributed by atoms with E-state index in [-0.39, 0.29) is 11.9 Å². The molecule has 0 fully saturated rings. The standard InChI is InChI=1S/C21H24N4OS/c1-14-20(15(2)24(3)23-14)22-19(26)13-25-11-9-18-17(10-12-27-18)21(25)16-7-5-4-6-8-16/h4-8,10,12,21H,9,11,13H2,1-3H3,(H,22,26)/p+1/t21-/m0/s1. The number of rotatable bonds is 4. The number of amides is 1. The molecule has 1 amide bonds. The second kappa shape index (κ2) is 7.29. The maximum absolute atomic E-state index is 12.9. The predicted octanol–water partition coefficient (Wildman–Crippen LogP) is 2.27. The maximum Gasteiger partial charge on any atom is 0.279 e. The molecule has 1 aliphatic heterocycles. The summed E-state index contributed by atoms with van der Waals surface area (Å²) < 4.78 is 1.81. The molecule has 1 aliphatic rings. The van der Waals surface area contributed by atoms with Crippen LogP contribution in [0.3, 0.4) is 0 Å². The molecule has 5 nitrogen and oxygen atoms in total. The number of carbonyl (C=O) groups is 1. The minimum atomic E-state index is 0.0452. The van der Waals surface area contributed by atoms with Crippen LogP contribution in [0, 0.1) is 13.8 Å². The van der Waals surface area contributed by atoms with Gasteiger partial charge in [0.1, 0.15) is 6.04 Å². The molecule has 3 aromatic rings. The van der Waals surface area contributed by atoms with Crippen LogP contribution >= 0.6 is 11.3 Å².